The lowest BCUT2D eigenvalue weighted by molar-refractivity contribution is -0.861. The van der Waals surface area contributed by atoms with E-state index in [1.807, 2.05) is 21.1 Å². The van der Waals surface area contributed by atoms with Crippen molar-refractivity contribution in [2.75, 3.05) is 27.7 Å². The van der Waals surface area contributed by atoms with E-state index in [1.54, 1.807) is 18.8 Å². The van der Waals surface area contributed by atoms with Gasteiger partial charge < -0.3 is 9.38 Å². The Kier molecular flexibility index (Phi) is 4.61. The lowest BCUT2D eigenvalue weighted by atomic mass is 10.5. The van der Waals surface area contributed by atoms with E-state index in [0.29, 0.717) is 11.0 Å². The van der Waals surface area contributed by atoms with Crippen molar-refractivity contribution in [3.05, 3.63) is 11.9 Å². The number of allylic oxidation sites excluding steroid dienone is 1. The monoisotopic (exact) mass is 190 g/mol. The lowest BCUT2D eigenvalue weighted by Crippen LogP contribution is -2.38. The second-order valence-electron chi connectivity index (χ2n) is 3.67. The van der Waals surface area contributed by atoms with Crippen molar-refractivity contribution in [2.45, 2.75) is 6.92 Å². The Bertz CT molecular complexity index is 184. The van der Waals surface area contributed by atoms with Gasteiger partial charge in [0.2, 0.25) is 5.52 Å². The number of hydrogen-bond donors (Lipinski definition) is 1. The maximum Gasteiger partial charge on any atom is 0.238 e. The van der Waals surface area contributed by atoms with Crippen LogP contribution in [0.1, 0.15) is 6.92 Å². The lowest BCUT2D eigenvalue weighted by Gasteiger charge is -2.23. The predicted octanol–water partition coefficient (Wildman–Crippen LogP) is 1.14. The summed E-state index contributed by atoms with van der Waals surface area (Å²) in [5.74, 6) is 1.56. The van der Waals surface area contributed by atoms with Crippen LogP contribution >= 0.6 is 8.15 Å². The molecular formula is C8H17NO2P+. The highest BCUT2D eigenvalue weighted by molar-refractivity contribution is 7.72. The summed E-state index contributed by atoms with van der Waals surface area (Å²) in [6.45, 7) is 2.18. The maximum atomic E-state index is 11.3. The molecule has 0 fully saturated rings. The molecule has 4 heteroatoms. The molecular weight excluding hydrogens is 173 g/mol. The van der Waals surface area contributed by atoms with E-state index in [1.165, 1.54) is 0 Å². The van der Waals surface area contributed by atoms with Crippen LogP contribution in [-0.4, -0.2) is 42.6 Å². The number of hydrogen-bond acceptors (Lipinski definition) is 2. The summed E-state index contributed by atoms with van der Waals surface area (Å²) < 4.78 is 0.565. The topological polar surface area (TPSA) is 37.3 Å². The van der Waals surface area contributed by atoms with Crippen molar-refractivity contribution in [3.8, 4) is 0 Å². The van der Waals surface area contributed by atoms with E-state index in [0.717, 1.165) is 0 Å². The molecule has 70 valence electrons. The van der Waals surface area contributed by atoms with Crippen molar-refractivity contribution in [1.29, 1.82) is 0 Å². The summed E-state index contributed by atoms with van der Waals surface area (Å²) in [5.41, 5.74) is -0.0735. The first-order chi connectivity index (χ1) is 5.37. The highest BCUT2D eigenvalue weighted by Gasteiger charge is 2.19. The van der Waals surface area contributed by atoms with Gasteiger partial charge in [-0.15, -0.1) is 0 Å². The molecule has 0 bridgehead atoms. The predicted molar refractivity (Wildman–Crippen MR) is 51.9 cm³/mol. The standard InChI is InChI=1S/C8H17NO2P/c1-5-6-12(11)8(10)7-9(2,3)4/h5-6,11H,7H2,1-4H3/q+1. The van der Waals surface area contributed by atoms with E-state index < -0.39 is 8.15 Å². The average molecular weight is 190 g/mol. The first kappa shape index (κ1) is 11.8. The molecule has 0 aliphatic rings. The molecule has 1 unspecified atom stereocenters. The highest BCUT2D eigenvalue weighted by Crippen LogP contribution is 2.32. The molecule has 12 heavy (non-hydrogen) atoms. The van der Waals surface area contributed by atoms with Crippen molar-refractivity contribution >= 4 is 13.7 Å². The average Bonchev–Trinajstić information content (AvgIpc) is 1.84. The second-order valence-corrected chi connectivity index (χ2v) is 5.16. The zero-order valence-electron chi connectivity index (χ0n) is 8.11. The molecule has 0 saturated heterocycles. The van der Waals surface area contributed by atoms with E-state index >= 15 is 0 Å². The van der Waals surface area contributed by atoms with Gasteiger partial charge in [0, 0.05) is 0 Å². The Morgan fingerprint density at radius 3 is 2.33 bits per heavy atom. The van der Waals surface area contributed by atoms with Gasteiger partial charge >= 0.3 is 0 Å². The van der Waals surface area contributed by atoms with Crippen LogP contribution < -0.4 is 0 Å². The molecule has 0 amide bonds. The third kappa shape index (κ3) is 5.42. The normalized spacial score (nSPS) is 15.1. The van der Waals surface area contributed by atoms with Crippen molar-refractivity contribution in [1.82, 2.24) is 0 Å². The van der Waals surface area contributed by atoms with Crippen molar-refractivity contribution in [2.24, 2.45) is 0 Å². The van der Waals surface area contributed by atoms with Crippen LogP contribution in [0.3, 0.4) is 0 Å². The number of carbonyl (C=O) groups is 1. The van der Waals surface area contributed by atoms with Gasteiger partial charge in [-0.3, -0.25) is 4.79 Å². The quantitative estimate of drug-likeness (QED) is 0.533. The summed E-state index contributed by atoms with van der Waals surface area (Å²) in [5, 5.41) is 0. The Hall–Kier alpha value is -0.240. The Morgan fingerprint density at radius 1 is 1.50 bits per heavy atom. The van der Waals surface area contributed by atoms with Crippen LogP contribution in [0.15, 0.2) is 11.9 Å². The molecule has 0 aromatic rings. The van der Waals surface area contributed by atoms with Crippen LogP contribution in [0, 0.1) is 0 Å². The third-order valence-electron chi connectivity index (χ3n) is 1.16. The Balaban J connectivity index is 4.05. The molecule has 1 N–H and O–H groups in total. The number of quaternary nitrogens is 1. The molecule has 0 radical (unpaired) electrons. The van der Waals surface area contributed by atoms with Gasteiger partial charge in [-0.2, -0.15) is 0 Å². The van der Waals surface area contributed by atoms with E-state index in [2.05, 4.69) is 0 Å². The minimum absolute atomic E-state index is 0.0735. The van der Waals surface area contributed by atoms with Gasteiger partial charge in [-0.1, -0.05) is 6.08 Å². The molecule has 0 aliphatic heterocycles. The van der Waals surface area contributed by atoms with Crippen LogP contribution in [0.4, 0.5) is 0 Å². The first-order valence-electron chi connectivity index (χ1n) is 3.81. The van der Waals surface area contributed by atoms with Gasteiger partial charge in [0.1, 0.15) is 14.7 Å². The molecule has 1 atom stereocenters. The van der Waals surface area contributed by atoms with E-state index in [-0.39, 0.29) is 5.52 Å². The van der Waals surface area contributed by atoms with Gasteiger partial charge in [0.25, 0.3) is 0 Å². The fourth-order valence-electron chi connectivity index (χ4n) is 0.703. The molecule has 0 spiro atoms. The first-order valence-corrected chi connectivity index (χ1v) is 5.17. The van der Waals surface area contributed by atoms with Gasteiger partial charge in [0.15, 0.2) is 0 Å². The van der Waals surface area contributed by atoms with E-state index in [9.17, 15) is 9.69 Å². The number of likely N-dealkylation sites (N-methyl/N-ethyl adjacent to an activating group) is 1. The molecule has 0 heterocycles. The third-order valence-corrected chi connectivity index (χ3v) is 2.39. The summed E-state index contributed by atoms with van der Waals surface area (Å²) in [6, 6.07) is 0. The largest absolute Gasteiger partial charge is 0.362 e. The van der Waals surface area contributed by atoms with Crippen LogP contribution in [0.5, 0.6) is 0 Å². The van der Waals surface area contributed by atoms with Crippen molar-refractivity contribution in [3.63, 3.8) is 0 Å². The highest BCUT2D eigenvalue weighted by atomic mass is 31.1. The number of nitrogens with zero attached hydrogens (tertiary/aromatic N) is 1. The molecule has 0 rings (SSSR count). The van der Waals surface area contributed by atoms with Gasteiger partial charge in [-0.25, -0.2) is 0 Å². The Labute approximate surface area is 75.1 Å². The zero-order chi connectivity index (χ0) is 9.78. The fraction of sp³-hybridized carbons (Fsp3) is 0.625. The molecule has 0 saturated carbocycles. The molecule has 3 nitrogen and oxygen atoms in total. The molecule has 0 aromatic carbocycles. The van der Waals surface area contributed by atoms with Gasteiger partial charge in [0.05, 0.1) is 21.1 Å². The minimum atomic E-state index is -1.54. The number of rotatable bonds is 4. The van der Waals surface area contributed by atoms with E-state index in [4.69, 9.17) is 0 Å². The summed E-state index contributed by atoms with van der Waals surface area (Å²) in [7, 11) is 4.24. The zero-order valence-corrected chi connectivity index (χ0v) is 9.01. The molecule has 0 aromatic heterocycles. The minimum Gasteiger partial charge on any atom is -0.362 e. The summed E-state index contributed by atoms with van der Waals surface area (Å²) >= 11 is 0. The summed E-state index contributed by atoms with van der Waals surface area (Å²) in [6.07, 6.45) is 1.71. The van der Waals surface area contributed by atoms with Gasteiger partial charge in [-0.05, 0) is 12.7 Å². The van der Waals surface area contributed by atoms with Crippen LogP contribution in [0.2, 0.25) is 0 Å². The number of carbonyl (C=O) groups excluding carboxylic acids is 1. The second kappa shape index (κ2) is 4.70. The SMILES string of the molecule is CC=CP(O)C(=O)C[N+](C)(C)C. The van der Waals surface area contributed by atoms with Crippen LogP contribution in [0.25, 0.3) is 0 Å². The fourth-order valence-corrected chi connectivity index (χ4v) is 1.72. The smallest absolute Gasteiger partial charge is 0.238 e. The molecule has 0 aliphatic carbocycles. The Morgan fingerprint density at radius 2 is 2.00 bits per heavy atom. The summed E-state index contributed by atoms with van der Waals surface area (Å²) in [4.78, 5) is 20.6. The maximum absolute atomic E-state index is 11.3. The van der Waals surface area contributed by atoms with Crippen molar-refractivity contribution < 1.29 is 14.2 Å². The van der Waals surface area contributed by atoms with Crippen LogP contribution in [-0.2, 0) is 4.79 Å².